The van der Waals surface area contributed by atoms with E-state index in [0.29, 0.717) is 25.2 Å². The van der Waals surface area contributed by atoms with Crippen LogP contribution in [0.1, 0.15) is 31.3 Å². The average molecular weight is 449 g/mol. The van der Waals surface area contributed by atoms with Gasteiger partial charge in [0.05, 0.1) is 32.9 Å². The number of rotatable bonds is 7. The van der Waals surface area contributed by atoms with Crippen LogP contribution < -0.4 is 16.4 Å². The van der Waals surface area contributed by atoms with Crippen LogP contribution in [-0.4, -0.2) is 66.0 Å². The molecule has 0 spiro atoms. The second-order valence-corrected chi connectivity index (χ2v) is 8.69. The van der Waals surface area contributed by atoms with Gasteiger partial charge in [-0.15, -0.1) is 0 Å². The molecule has 1 aliphatic rings. The van der Waals surface area contributed by atoms with Gasteiger partial charge in [0.2, 0.25) is 11.8 Å². The first-order valence-electron chi connectivity index (χ1n) is 10.3. The quantitative estimate of drug-likeness (QED) is 0.557. The maximum absolute atomic E-state index is 14.7. The van der Waals surface area contributed by atoms with Crippen molar-refractivity contribution in [2.24, 2.45) is 11.1 Å². The minimum absolute atomic E-state index is 0.0202. The number of fused-ring (bicyclic) bond motifs is 1. The number of amides is 3. The van der Waals surface area contributed by atoms with Gasteiger partial charge in [-0.2, -0.15) is 5.10 Å². The van der Waals surface area contributed by atoms with E-state index >= 15 is 0 Å². The van der Waals surface area contributed by atoms with Crippen molar-refractivity contribution < 1.29 is 28.2 Å². The molecular formula is C21H28FN5O5. The van der Waals surface area contributed by atoms with Crippen LogP contribution in [0.4, 0.5) is 4.39 Å². The lowest BCUT2D eigenvalue weighted by molar-refractivity contribution is -0.128. The van der Waals surface area contributed by atoms with Crippen molar-refractivity contribution in [1.82, 2.24) is 20.4 Å². The van der Waals surface area contributed by atoms with Gasteiger partial charge in [-0.25, -0.2) is 4.39 Å². The Kier molecular flexibility index (Phi) is 7.09. The first-order valence-corrected chi connectivity index (χ1v) is 10.3. The first kappa shape index (κ1) is 23.6. The van der Waals surface area contributed by atoms with Gasteiger partial charge in [0.1, 0.15) is 23.5 Å². The van der Waals surface area contributed by atoms with Gasteiger partial charge < -0.3 is 25.8 Å². The molecule has 3 amide bonds. The van der Waals surface area contributed by atoms with Crippen LogP contribution in [-0.2, 0) is 25.6 Å². The molecular weight excluding hydrogens is 421 g/mol. The number of carbonyl (C=O) groups excluding carboxylic acids is 3. The Hall–Kier alpha value is -3.05. The number of aromatic nitrogens is 2. The van der Waals surface area contributed by atoms with Crippen molar-refractivity contribution in [2.45, 2.75) is 39.5 Å². The Labute approximate surface area is 184 Å². The molecule has 3 rings (SSSR count). The molecule has 0 radical (unpaired) electrons. The largest absolute Gasteiger partial charge is 0.376 e. The van der Waals surface area contributed by atoms with Gasteiger partial charge >= 0.3 is 0 Å². The minimum Gasteiger partial charge on any atom is -0.376 e. The van der Waals surface area contributed by atoms with Crippen molar-refractivity contribution in [3.05, 3.63) is 29.7 Å². The summed E-state index contributed by atoms with van der Waals surface area (Å²) in [6.45, 7) is 6.39. The van der Waals surface area contributed by atoms with E-state index in [4.69, 9.17) is 15.2 Å². The van der Waals surface area contributed by atoms with Crippen LogP contribution in [0.2, 0.25) is 0 Å². The summed E-state index contributed by atoms with van der Waals surface area (Å²) in [6.07, 6.45) is -0.329. The Morgan fingerprint density at radius 3 is 2.69 bits per heavy atom. The van der Waals surface area contributed by atoms with Gasteiger partial charge in [0, 0.05) is 5.39 Å². The van der Waals surface area contributed by atoms with Crippen molar-refractivity contribution in [3.8, 4) is 0 Å². The van der Waals surface area contributed by atoms with Gasteiger partial charge in [0.25, 0.3) is 5.91 Å². The zero-order valence-electron chi connectivity index (χ0n) is 18.3. The van der Waals surface area contributed by atoms with Crippen molar-refractivity contribution in [2.75, 3.05) is 26.4 Å². The topological polar surface area (TPSA) is 138 Å². The fraction of sp³-hybridized carbons (Fsp3) is 0.524. The number of hydrogen-bond donors (Lipinski definition) is 3. The number of carbonyl (C=O) groups is 3. The van der Waals surface area contributed by atoms with Gasteiger partial charge in [0.15, 0.2) is 5.69 Å². The van der Waals surface area contributed by atoms with Crippen molar-refractivity contribution in [1.29, 1.82) is 0 Å². The van der Waals surface area contributed by atoms with E-state index in [0.717, 1.165) is 0 Å². The monoisotopic (exact) mass is 449 g/mol. The lowest BCUT2D eigenvalue weighted by atomic mass is 9.86. The molecule has 2 heterocycles. The standard InChI is InChI=1S/C21H28FN5O5/c1-21(2,3)18(20(30)24-9-15(23)28)25-19(29)16-13-5-4-6-14(22)17(13)27(26-16)10-12-11-31-7-8-32-12/h4-6,12,18H,7-11H2,1-3H3,(H2,23,28)(H,24,30)(H,25,29). The number of primary amides is 1. The first-order chi connectivity index (χ1) is 15.1. The number of benzene rings is 1. The third-order valence-electron chi connectivity index (χ3n) is 5.04. The molecule has 1 fully saturated rings. The Bertz CT molecular complexity index is 1010. The number of nitrogens with two attached hydrogens (primary N) is 1. The van der Waals surface area contributed by atoms with E-state index in [1.807, 2.05) is 0 Å². The molecule has 2 aromatic rings. The summed E-state index contributed by atoms with van der Waals surface area (Å²) in [5.74, 6) is -2.44. The number of ether oxygens (including phenoxy) is 2. The van der Waals surface area contributed by atoms with Gasteiger partial charge in [-0.1, -0.05) is 32.9 Å². The van der Waals surface area contributed by atoms with Crippen LogP contribution >= 0.6 is 0 Å². The Balaban J connectivity index is 1.90. The van der Waals surface area contributed by atoms with E-state index in [2.05, 4.69) is 15.7 Å². The molecule has 174 valence electrons. The van der Waals surface area contributed by atoms with Crippen LogP contribution in [0.3, 0.4) is 0 Å². The molecule has 0 bridgehead atoms. The highest BCUT2D eigenvalue weighted by atomic mass is 19.1. The van der Waals surface area contributed by atoms with Crippen molar-refractivity contribution >= 4 is 28.6 Å². The maximum Gasteiger partial charge on any atom is 0.273 e. The van der Waals surface area contributed by atoms with Crippen LogP contribution in [0, 0.1) is 11.2 Å². The van der Waals surface area contributed by atoms with E-state index in [1.54, 1.807) is 26.8 Å². The molecule has 1 aromatic carbocycles. The highest BCUT2D eigenvalue weighted by molar-refractivity contribution is 6.06. The summed E-state index contributed by atoms with van der Waals surface area (Å²) >= 11 is 0. The molecule has 4 N–H and O–H groups in total. The highest BCUT2D eigenvalue weighted by Gasteiger charge is 2.34. The Morgan fingerprint density at radius 2 is 2.06 bits per heavy atom. The Morgan fingerprint density at radius 1 is 1.31 bits per heavy atom. The fourth-order valence-corrected chi connectivity index (χ4v) is 3.48. The summed E-state index contributed by atoms with van der Waals surface area (Å²) in [5.41, 5.74) is 4.55. The number of nitrogens with one attached hydrogen (secondary N) is 2. The molecule has 0 aliphatic carbocycles. The predicted molar refractivity (Wildman–Crippen MR) is 113 cm³/mol. The summed E-state index contributed by atoms with van der Waals surface area (Å²) in [7, 11) is 0. The SMILES string of the molecule is CC(C)(C)C(NC(=O)c1nn(CC2COCCO2)c2c(F)cccc12)C(=O)NCC(N)=O. The number of halogens is 1. The third-order valence-corrected chi connectivity index (χ3v) is 5.04. The molecule has 32 heavy (non-hydrogen) atoms. The normalized spacial score (nSPS) is 17.7. The van der Waals surface area contributed by atoms with E-state index in [1.165, 1.54) is 16.8 Å². The maximum atomic E-state index is 14.7. The number of nitrogens with zero attached hydrogens (tertiary/aromatic N) is 2. The lowest BCUT2D eigenvalue weighted by Gasteiger charge is -2.30. The molecule has 2 atom stereocenters. The molecule has 2 unspecified atom stereocenters. The minimum atomic E-state index is -0.988. The molecule has 1 saturated heterocycles. The number of hydrogen-bond acceptors (Lipinski definition) is 6. The summed E-state index contributed by atoms with van der Waals surface area (Å²) in [4.78, 5) is 36.8. The van der Waals surface area contributed by atoms with Crippen LogP contribution in [0.25, 0.3) is 10.9 Å². The smallest absolute Gasteiger partial charge is 0.273 e. The zero-order valence-corrected chi connectivity index (χ0v) is 18.3. The predicted octanol–water partition coefficient (Wildman–Crippen LogP) is 0.337. The average Bonchev–Trinajstić information content (AvgIpc) is 3.09. The molecule has 1 aliphatic heterocycles. The highest BCUT2D eigenvalue weighted by Crippen LogP contribution is 2.24. The van der Waals surface area contributed by atoms with Crippen LogP contribution in [0.5, 0.6) is 0 Å². The fourth-order valence-electron chi connectivity index (χ4n) is 3.48. The lowest BCUT2D eigenvalue weighted by Crippen LogP contribution is -2.54. The van der Waals surface area contributed by atoms with Crippen molar-refractivity contribution in [3.63, 3.8) is 0 Å². The summed E-state index contributed by atoms with van der Waals surface area (Å²) < 4.78 is 27.1. The second-order valence-electron chi connectivity index (χ2n) is 8.69. The molecule has 10 nitrogen and oxygen atoms in total. The summed E-state index contributed by atoms with van der Waals surface area (Å²) in [5, 5.41) is 9.72. The second kappa shape index (κ2) is 9.61. The van der Waals surface area contributed by atoms with Gasteiger partial charge in [-0.3, -0.25) is 19.1 Å². The summed E-state index contributed by atoms with van der Waals surface area (Å²) in [6, 6.07) is 3.38. The molecule has 1 aromatic heterocycles. The van der Waals surface area contributed by atoms with E-state index in [-0.39, 0.29) is 30.4 Å². The van der Waals surface area contributed by atoms with E-state index < -0.39 is 35.0 Å². The van der Waals surface area contributed by atoms with E-state index in [9.17, 15) is 18.8 Å². The van der Waals surface area contributed by atoms with Gasteiger partial charge in [-0.05, 0) is 11.5 Å². The zero-order chi connectivity index (χ0) is 23.5. The molecule has 11 heteroatoms. The third kappa shape index (κ3) is 5.40. The van der Waals surface area contributed by atoms with Crippen LogP contribution in [0.15, 0.2) is 18.2 Å². The molecule has 0 saturated carbocycles. The number of para-hydroxylation sites is 1.